The molecule has 2 unspecified atom stereocenters. The molecule has 2 bridgehead atoms. The molecule has 64 valence electrons. The molecular weight excluding hydrogens is 153 g/mol. The summed E-state index contributed by atoms with van der Waals surface area (Å²) in [5, 5.41) is 9.42. The van der Waals surface area contributed by atoms with Crippen LogP contribution in [0.15, 0.2) is 12.2 Å². The van der Waals surface area contributed by atoms with Crippen LogP contribution in [0, 0.1) is 0 Å². The molecule has 0 saturated carbocycles. The zero-order valence-electron chi connectivity index (χ0n) is 7.10. The Kier molecular flexibility index (Phi) is 1.81. The van der Waals surface area contributed by atoms with Crippen molar-refractivity contribution in [2.45, 2.75) is 31.7 Å². The van der Waals surface area contributed by atoms with Gasteiger partial charge in [-0.15, -0.1) is 0 Å². The van der Waals surface area contributed by atoms with Crippen molar-refractivity contribution >= 4 is 12.8 Å². The number of hydrogen-bond acceptors (Lipinski definition) is 3. The van der Waals surface area contributed by atoms with Crippen molar-refractivity contribution in [2.75, 3.05) is 0 Å². The first kappa shape index (κ1) is 8.01. The maximum atomic E-state index is 11.1. The van der Waals surface area contributed by atoms with E-state index in [0.717, 1.165) is 0 Å². The second kappa shape index (κ2) is 2.71. The fourth-order valence-electron chi connectivity index (χ4n) is 2.15. The smallest absolute Gasteiger partial charge is 0.377 e. The monoisotopic (exact) mass is 165 g/mol. The largest absolute Gasteiger partial charge is 0.437 e. The zero-order valence-corrected chi connectivity index (χ0v) is 7.10. The van der Waals surface area contributed by atoms with E-state index in [1.54, 1.807) is 6.82 Å². The molecule has 12 heavy (non-hydrogen) atoms. The normalized spacial score (nSPS) is 34.3. The fourth-order valence-corrected chi connectivity index (χ4v) is 2.15. The van der Waals surface area contributed by atoms with Crippen LogP contribution < -0.4 is 0 Å². The lowest BCUT2D eigenvalue weighted by atomic mass is 9.79. The SMILES string of the molecule is CB(O)N1C2C=CC1CC(=O)C2. The summed E-state index contributed by atoms with van der Waals surface area (Å²) in [5.74, 6) is 0.312. The van der Waals surface area contributed by atoms with E-state index in [-0.39, 0.29) is 12.1 Å². The Morgan fingerprint density at radius 3 is 2.42 bits per heavy atom. The van der Waals surface area contributed by atoms with E-state index >= 15 is 0 Å². The molecule has 2 rings (SSSR count). The summed E-state index contributed by atoms with van der Waals surface area (Å²) < 4.78 is 0. The van der Waals surface area contributed by atoms with Gasteiger partial charge in [-0.1, -0.05) is 12.2 Å². The number of ketones is 1. The summed E-state index contributed by atoms with van der Waals surface area (Å²) in [6.45, 7) is 1.75. The van der Waals surface area contributed by atoms with Crippen LogP contribution in [0.1, 0.15) is 12.8 Å². The van der Waals surface area contributed by atoms with E-state index in [2.05, 4.69) is 0 Å². The van der Waals surface area contributed by atoms with Gasteiger partial charge in [0.1, 0.15) is 5.78 Å². The lowest BCUT2D eigenvalue weighted by Gasteiger charge is -2.34. The molecule has 4 heteroatoms. The number of carbonyl (C=O) groups is 1. The van der Waals surface area contributed by atoms with Gasteiger partial charge >= 0.3 is 7.05 Å². The van der Waals surface area contributed by atoms with E-state index in [1.807, 2.05) is 17.0 Å². The van der Waals surface area contributed by atoms with Crippen molar-refractivity contribution in [1.82, 2.24) is 4.81 Å². The van der Waals surface area contributed by atoms with E-state index in [4.69, 9.17) is 0 Å². The first-order valence-electron chi connectivity index (χ1n) is 4.34. The van der Waals surface area contributed by atoms with Gasteiger partial charge in [-0.05, 0) is 6.82 Å². The summed E-state index contributed by atoms with van der Waals surface area (Å²) in [6.07, 6.45) is 5.19. The number of hydrogen-bond donors (Lipinski definition) is 1. The number of Topliss-reactive ketones (excluding diaryl/α,β-unsaturated/α-hetero) is 1. The highest BCUT2D eigenvalue weighted by Crippen LogP contribution is 2.28. The number of rotatable bonds is 1. The van der Waals surface area contributed by atoms with Crippen molar-refractivity contribution in [3.05, 3.63) is 12.2 Å². The van der Waals surface area contributed by atoms with Gasteiger partial charge in [0.05, 0.1) is 0 Å². The molecule has 2 heterocycles. The molecule has 0 spiro atoms. The third-order valence-electron chi connectivity index (χ3n) is 2.63. The van der Waals surface area contributed by atoms with Crippen LogP contribution in [0.4, 0.5) is 0 Å². The van der Waals surface area contributed by atoms with Crippen LogP contribution in [-0.2, 0) is 4.79 Å². The summed E-state index contributed by atoms with van der Waals surface area (Å²) in [4.78, 5) is 13.1. The molecule has 0 radical (unpaired) electrons. The number of fused-ring (bicyclic) bond motifs is 2. The molecule has 0 aromatic heterocycles. The Morgan fingerprint density at radius 2 is 2.00 bits per heavy atom. The highest BCUT2D eigenvalue weighted by molar-refractivity contribution is 6.45. The minimum absolute atomic E-state index is 0.149. The Morgan fingerprint density at radius 1 is 1.50 bits per heavy atom. The quantitative estimate of drug-likeness (QED) is 0.441. The van der Waals surface area contributed by atoms with Crippen LogP contribution in [0.25, 0.3) is 0 Å². The molecular formula is C8H12BNO2. The number of carbonyl (C=O) groups excluding carboxylic acids is 1. The molecule has 2 aliphatic rings. The standard InChI is InChI=1S/C8H12BNO2/c1-9(12)10-6-2-3-7(10)5-8(11)4-6/h2-3,6-7,12H,4-5H2,1H3. The predicted octanol–water partition coefficient (Wildman–Crippen LogP) is 0.0686. The minimum atomic E-state index is -0.442. The van der Waals surface area contributed by atoms with Crippen LogP contribution in [0.2, 0.25) is 6.82 Å². The van der Waals surface area contributed by atoms with Gasteiger partial charge in [0.15, 0.2) is 0 Å². The first-order chi connectivity index (χ1) is 5.68. The van der Waals surface area contributed by atoms with Gasteiger partial charge in [0.2, 0.25) is 0 Å². The third kappa shape index (κ3) is 1.11. The van der Waals surface area contributed by atoms with Crippen LogP contribution in [0.3, 0.4) is 0 Å². The molecule has 3 nitrogen and oxygen atoms in total. The van der Waals surface area contributed by atoms with E-state index < -0.39 is 7.05 Å². The van der Waals surface area contributed by atoms with Crippen LogP contribution in [-0.4, -0.2) is 34.8 Å². The van der Waals surface area contributed by atoms with Gasteiger partial charge in [0.25, 0.3) is 0 Å². The number of piperidine rings is 1. The van der Waals surface area contributed by atoms with Gasteiger partial charge in [-0.25, -0.2) is 0 Å². The topological polar surface area (TPSA) is 40.5 Å². The molecule has 2 atom stereocenters. The maximum absolute atomic E-state index is 11.1. The lowest BCUT2D eigenvalue weighted by molar-refractivity contribution is -0.122. The Balaban J connectivity index is 2.17. The fraction of sp³-hybridized carbons (Fsp3) is 0.625. The molecule has 2 aliphatic heterocycles. The average Bonchev–Trinajstić information content (AvgIpc) is 2.24. The van der Waals surface area contributed by atoms with Crippen molar-refractivity contribution in [3.63, 3.8) is 0 Å². The van der Waals surface area contributed by atoms with Crippen molar-refractivity contribution in [1.29, 1.82) is 0 Å². The Labute approximate surface area is 72.2 Å². The molecule has 1 N–H and O–H groups in total. The van der Waals surface area contributed by atoms with Crippen molar-refractivity contribution in [3.8, 4) is 0 Å². The second-order valence-electron chi connectivity index (χ2n) is 3.55. The van der Waals surface area contributed by atoms with Gasteiger partial charge in [-0.2, -0.15) is 0 Å². The second-order valence-corrected chi connectivity index (χ2v) is 3.55. The summed E-state index contributed by atoms with van der Waals surface area (Å²) in [5.41, 5.74) is 0. The highest BCUT2D eigenvalue weighted by atomic mass is 16.2. The van der Waals surface area contributed by atoms with E-state index in [1.165, 1.54) is 0 Å². The van der Waals surface area contributed by atoms with Gasteiger partial charge in [-0.3, -0.25) is 4.79 Å². The molecule has 1 saturated heterocycles. The molecule has 0 aromatic carbocycles. The summed E-state index contributed by atoms with van der Waals surface area (Å²) >= 11 is 0. The van der Waals surface area contributed by atoms with Crippen LogP contribution >= 0.6 is 0 Å². The lowest BCUT2D eigenvalue weighted by Crippen LogP contribution is -2.51. The van der Waals surface area contributed by atoms with Gasteiger partial charge < -0.3 is 9.83 Å². The minimum Gasteiger partial charge on any atom is -0.437 e. The molecule has 0 amide bonds. The highest BCUT2D eigenvalue weighted by Gasteiger charge is 2.39. The third-order valence-corrected chi connectivity index (χ3v) is 2.63. The molecule has 1 fully saturated rings. The maximum Gasteiger partial charge on any atom is 0.377 e. The molecule has 0 aromatic rings. The van der Waals surface area contributed by atoms with E-state index in [9.17, 15) is 9.82 Å². The first-order valence-corrected chi connectivity index (χ1v) is 4.34. The van der Waals surface area contributed by atoms with Crippen molar-refractivity contribution in [2.24, 2.45) is 0 Å². The van der Waals surface area contributed by atoms with Crippen LogP contribution in [0.5, 0.6) is 0 Å². The number of nitrogens with zero attached hydrogens (tertiary/aromatic N) is 1. The van der Waals surface area contributed by atoms with Gasteiger partial charge in [0, 0.05) is 24.9 Å². The molecule has 0 aliphatic carbocycles. The summed E-state index contributed by atoms with van der Waals surface area (Å²) in [7, 11) is -0.442. The average molecular weight is 165 g/mol. The predicted molar refractivity (Wildman–Crippen MR) is 46.6 cm³/mol. The zero-order chi connectivity index (χ0) is 8.72. The summed E-state index contributed by atoms with van der Waals surface area (Å²) in [6, 6.07) is 0.299. The van der Waals surface area contributed by atoms with E-state index in [0.29, 0.717) is 18.6 Å². The Bertz CT molecular complexity index is 221. The van der Waals surface area contributed by atoms with Crippen molar-refractivity contribution < 1.29 is 9.82 Å². The Hall–Kier alpha value is -0.605.